The molecule has 0 aliphatic heterocycles. The third-order valence-corrected chi connectivity index (χ3v) is 4.12. The van der Waals surface area contributed by atoms with Gasteiger partial charge in [-0.15, -0.1) is 0 Å². The maximum Gasteiger partial charge on any atom is 0.225 e. The van der Waals surface area contributed by atoms with Gasteiger partial charge in [0.15, 0.2) is 0 Å². The van der Waals surface area contributed by atoms with Crippen molar-refractivity contribution in [2.75, 3.05) is 0 Å². The average Bonchev–Trinajstić information content (AvgIpc) is 2.62. The first-order valence-electron chi connectivity index (χ1n) is 8.28. The van der Waals surface area contributed by atoms with Crippen LogP contribution in [-0.4, -0.2) is 5.91 Å². The highest BCUT2D eigenvalue weighted by atomic mass is 19.1. The number of amides is 1. The Morgan fingerprint density at radius 1 is 0.920 bits per heavy atom. The standard InChI is InChI=1S/C22H20FNO/c1-16-8-7-12-19(14-16)22(17-9-3-2-4-10-17)24-21(25)15-18-11-5-6-13-20(18)23/h2-14,22H,15H2,1H3,(H,24,25). The molecule has 0 aromatic heterocycles. The van der Waals surface area contributed by atoms with Crippen LogP contribution in [0.3, 0.4) is 0 Å². The second kappa shape index (κ2) is 7.75. The first kappa shape index (κ1) is 16.9. The van der Waals surface area contributed by atoms with Crippen molar-refractivity contribution in [1.29, 1.82) is 0 Å². The molecule has 0 spiro atoms. The minimum Gasteiger partial charge on any atom is -0.345 e. The number of hydrogen-bond acceptors (Lipinski definition) is 1. The first-order valence-corrected chi connectivity index (χ1v) is 8.28. The normalized spacial score (nSPS) is 11.8. The van der Waals surface area contributed by atoms with Gasteiger partial charge in [0.1, 0.15) is 5.82 Å². The van der Waals surface area contributed by atoms with E-state index in [1.807, 2.05) is 55.5 Å². The SMILES string of the molecule is Cc1cccc(C(NC(=O)Cc2ccccc2F)c2ccccc2)c1. The zero-order chi connectivity index (χ0) is 17.6. The van der Waals surface area contributed by atoms with E-state index in [0.717, 1.165) is 16.7 Å². The number of carbonyl (C=O) groups is 1. The van der Waals surface area contributed by atoms with E-state index in [-0.39, 0.29) is 24.2 Å². The molecule has 3 aromatic rings. The van der Waals surface area contributed by atoms with E-state index < -0.39 is 0 Å². The Morgan fingerprint density at radius 3 is 2.32 bits per heavy atom. The lowest BCUT2D eigenvalue weighted by Crippen LogP contribution is -2.30. The lowest BCUT2D eigenvalue weighted by atomic mass is 9.97. The monoisotopic (exact) mass is 333 g/mol. The fourth-order valence-corrected chi connectivity index (χ4v) is 2.88. The van der Waals surface area contributed by atoms with Gasteiger partial charge >= 0.3 is 0 Å². The van der Waals surface area contributed by atoms with Crippen molar-refractivity contribution in [3.05, 3.63) is 107 Å². The zero-order valence-electron chi connectivity index (χ0n) is 14.1. The molecular formula is C22H20FNO. The number of halogens is 1. The van der Waals surface area contributed by atoms with E-state index in [9.17, 15) is 9.18 Å². The minimum absolute atomic E-state index is 0.0157. The van der Waals surface area contributed by atoms with Gasteiger partial charge < -0.3 is 5.32 Å². The molecule has 1 atom stereocenters. The van der Waals surface area contributed by atoms with Crippen LogP contribution in [0, 0.1) is 12.7 Å². The van der Waals surface area contributed by atoms with Gasteiger partial charge in [-0.05, 0) is 29.7 Å². The molecule has 0 heterocycles. The third-order valence-electron chi connectivity index (χ3n) is 4.12. The van der Waals surface area contributed by atoms with Crippen molar-refractivity contribution in [2.45, 2.75) is 19.4 Å². The minimum atomic E-state index is -0.357. The van der Waals surface area contributed by atoms with Gasteiger partial charge in [-0.1, -0.05) is 78.4 Å². The molecule has 0 aliphatic carbocycles. The number of nitrogens with one attached hydrogen (secondary N) is 1. The number of carbonyl (C=O) groups excluding carboxylic acids is 1. The van der Waals surface area contributed by atoms with E-state index >= 15 is 0 Å². The number of benzene rings is 3. The highest BCUT2D eigenvalue weighted by Crippen LogP contribution is 2.23. The molecule has 2 nitrogen and oxygen atoms in total. The Morgan fingerprint density at radius 2 is 1.60 bits per heavy atom. The first-order chi connectivity index (χ1) is 12.1. The molecule has 1 unspecified atom stereocenters. The van der Waals surface area contributed by atoms with Gasteiger partial charge in [-0.3, -0.25) is 4.79 Å². The van der Waals surface area contributed by atoms with E-state index in [1.165, 1.54) is 6.07 Å². The Bertz CT molecular complexity index is 861. The molecular weight excluding hydrogens is 313 g/mol. The summed E-state index contributed by atoms with van der Waals surface area (Å²) in [7, 11) is 0. The quantitative estimate of drug-likeness (QED) is 0.727. The molecule has 1 N–H and O–H groups in total. The fraction of sp³-hybridized carbons (Fsp3) is 0.136. The maximum atomic E-state index is 13.8. The van der Waals surface area contributed by atoms with Crippen LogP contribution in [0.4, 0.5) is 4.39 Å². The van der Waals surface area contributed by atoms with Gasteiger partial charge in [0.05, 0.1) is 12.5 Å². The van der Waals surface area contributed by atoms with Crippen LogP contribution in [-0.2, 0) is 11.2 Å². The predicted molar refractivity (Wildman–Crippen MR) is 97.7 cm³/mol. The predicted octanol–water partition coefficient (Wildman–Crippen LogP) is 4.58. The summed E-state index contributed by atoms with van der Waals surface area (Å²) in [6.07, 6.45) is 0.0157. The summed E-state index contributed by atoms with van der Waals surface area (Å²) in [6.45, 7) is 2.02. The van der Waals surface area contributed by atoms with Crippen molar-refractivity contribution in [2.24, 2.45) is 0 Å². The second-order valence-electron chi connectivity index (χ2n) is 6.09. The molecule has 3 heteroatoms. The van der Waals surface area contributed by atoms with Crippen LogP contribution in [0.25, 0.3) is 0 Å². The van der Waals surface area contributed by atoms with Crippen molar-refractivity contribution in [3.8, 4) is 0 Å². The van der Waals surface area contributed by atoms with Gasteiger partial charge in [-0.2, -0.15) is 0 Å². The molecule has 0 bridgehead atoms. The Balaban J connectivity index is 1.85. The summed E-state index contributed by atoms with van der Waals surface area (Å²) in [6, 6.07) is 24.0. The van der Waals surface area contributed by atoms with E-state index in [2.05, 4.69) is 11.4 Å². The number of hydrogen-bond donors (Lipinski definition) is 1. The molecule has 3 aromatic carbocycles. The highest BCUT2D eigenvalue weighted by molar-refractivity contribution is 5.79. The summed E-state index contributed by atoms with van der Waals surface area (Å²) >= 11 is 0. The van der Waals surface area contributed by atoms with Gasteiger partial charge in [0.2, 0.25) is 5.91 Å². The summed E-state index contributed by atoms with van der Waals surface area (Å²) in [5.41, 5.74) is 3.53. The lowest BCUT2D eigenvalue weighted by Gasteiger charge is -2.20. The number of aryl methyl sites for hydroxylation is 1. The van der Waals surface area contributed by atoms with Gasteiger partial charge in [0, 0.05) is 0 Å². The van der Waals surface area contributed by atoms with E-state index in [4.69, 9.17) is 0 Å². The summed E-state index contributed by atoms with van der Waals surface area (Å²) in [5.74, 6) is -0.565. The lowest BCUT2D eigenvalue weighted by molar-refractivity contribution is -0.121. The maximum absolute atomic E-state index is 13.8. The van der Waals surface area contributed by atoms with Crippen LogP contribution < -0.4 is 5.32 Å². The molecule has 1 amide bonds. The molecule has 3 rings (SSSR count). The fourth-order valence-electron chi connectivity index (χ4n) is 2.88. The molecule has 0 saturated carbocycles. The second-order valence-corrected chi connectivity index (χ2v) is 6.09. The molecule has 25 heavy (non-hydrogen) atoms. The summed E-state index contributed by atoms with van der Waals surface area (Å²) in [4.78, 5) is 12.5. The van der Waals surface area contributed by atoms with Crippen molar-refractivity contribution < 1.29 is 9.18 Å². The van der Waals surface area contributed by atoms with Gasteiger partial charge in [0.25, 0.3) is 0 Å². The topological polar surface area (TPSA) is 29.1 Å². The Labute approximate surface area is 147 Å². The van der Waals surface area contributed by atoms with E-state index in [0.29, 0.717) is 5.56 Å². The van der Waals surface area contributed by atoms with Crippen LogP contribution in [0.2, 0.25) is 0 Å². The molecule has 0 aliphatic rings. The number of rotatable bonds is 5. The molecule has 126 valence electrons. The van der Waals surface area contributed by atoms with E-state index in [1.54, 1.807) is 18.2 Å². The smallest absolute Gasteiger partial charge is 0.225 e. The zero-order valence-corrected chi connectivity index (χ0v) is 14.1. The summed E-state index contributed by atoms with van der Waals surface area (Å²) in [5, 5.41) is 3.05. The van der Waals surface area contributed by atoms with Crippen LogP contribution in [0.5, 0.6) is 0 Å². The highest BCUT2D eigenvalue weighted by Gasteiger charge is 2.17. The van der Waals surface area contributed by atoms with Crippen molar-refractivity contribution >= 4 is 5.91 Å². The van der Waals surface area contributed by atoms with Crippen molar-refractivity contribution in [3.63, 3.8) is 0 Å². The third kappa shape index (κ3) is 4.32. The van der Waals surface area contributed by atoms with Gasteiger partial charge in [-0.25, -0.2) is 4.39 Å². The molecule has 0 fully saturated rings. The Hall–Kier alpha value is -2.94. The van der Waals surface area contributed by atoms with Crippen LogP contribution in [0.1, 0.15) is 28.3 Å². The Kier molecular flexibility index (Phi) is 5.24. The molecule has 0 radical (unpaired) electrons. The largest absolute Gasteiger partial charge is 0.345 e. The van der Waals surface area contributed by atoms with Crippen molar-refractivity contribution in [1.82, 2.24) is 5.32 Å². The average molecular weight is 333 g/mol. The van der Waals surface area contributed by atoms with Crippen LogP contribution >= 0.6 is 0 Å². The van der Waals surface area contributed by atoms with Crippen LogP contribution in [0.15, 0.2) is 78.9 Å². The molecule has 0 saturated heterocycles. The summed E-state index contributed by atoms with van der Waals surface area (Å²) < 4.78 is 13.8.